The number of rotatable bonds is 7. The first-order valence-electron chi connectivity index (χ1n) is 9.79. The van der Waals surface area contributed by atoms with Crippen molar-refractivity contribution >= 4 is 17.2 Å². The summed E-state index contributed by atoms with van der Waals surface area (Å²) in [6, 6.07) is 14.4. The number of nitrogens with one attached hydrogen (secondary N) is 1. The molecule has 8 heteroatoms. The average molecular weight is 418 g/mol. The fourth-order valence-electron chi connectivity index (χ4n) is 3.22. The van der Waals surface area contributed by atoms with E-state index in [-0.39, 0.29) is 5.91 Å². The molecule has 1 amide bonds. The maximum atomic E-state index is 13.0. The predicted octanol–water partition coefficient (Wildman–Crippen LogP) is 4.49. The second kappa shape index (κ2) is 8.74. The SMILES string of the molecule is CCOc1cccn2c(C(=O)Nc3ccc(Oc4ccccc4OC)nc3)c(C)nc12. The summed E-state index contributed by atoms with van der Waals surface area (Å²) in [6.45, 7) is 4.21. The fourth-order valence-corrected chi connectivity index (χ4v) is 3.22. The Bertz CT molecular complexity index is 1220. The van der Waals surface area contributed by atoms with Crippen LogP contribution in [0.25, 0.3) is 5.65 Å². The Morgan fingerprint density at radius 2 is 1.84 bits per heavy atom. The molecule has 158 valence electrons. The number of pyridine rings is 2. The number of amides is 1. The first kappa shape index (κ1) is 20.2. The average Bonchev–Trinajstić information content (AvgIpc) is 3.12. The third-order valence-electron chi connectivity index (χ3n) is 4.58. The van der Waals surface area contributed by atoms with Crippen LogP contribution >= 0.6 is 0 Å². The number of hydrogen-bond donors (Lipinski definition) is 1. The van der Waals surface area contributed by atoms with E-state index in [0.29, 0.717) is 52.5 Å². The van der Waals surface area contributed by atoms with Crippen molar-refractivity contribution in [1.29, 1.82) is 0 Å². The lowest BCUT2D eigenvalue weighted by Gasteiger charge is -2.10. The summed E-state index contributed by atoms with van der Waals surface area (Å²) < 4.78 is 18.4. The van der Waals surface area contributed by atoms with Gasteiger partial charge >= 0.3 is 0 Å². The zero-order valence-electron chi connectivity index (χ0n) is 17.5. The van der Waals surface area contributed by atoms with Crippen molar-refractivity contribution in [1.82, 2.24) is 14.4 Å². The van der Waals surface area contributed by atoms with Gasteiger partial charge in [-0.25, -0.2) is 9.97 Å². The van der Waals surface area contributed by atoms with Gasteiger partial charge in [0.05, 0.1) is 31.3 Å². The van der Waals surface area contributed by atoms with Crippen LogP contribution < -0.4 is 19.5 Å². The summed E-state index contributed by atoms with van der Waals surface area (Å²) in [5.41, 5.74) is 2.18. The molecule has 1 aromatic carbocycles. The third kappa shape index (κ3) is 4.13. The van der Waals surface area contributed by atoms with Gasteiger partial charge in [-0.05, 0) is 44.2 Å². The zero-order chi connectivity index (χ0) is 21.8. The number of aromatic nitrogens is 3. The summed E-state index contributed by atoms with van der Waals surface area (Å²) in [7, 11) is 1.58. The number of carbonyl (C=O) groups excluding carboxylic acids is 1. The monoisotopic (exact) mass is 418 g/mol. The van der Waals surface area contributed by atoms with Crippen LogP contribution in [0.15, 0.2) is 60.9 Å². The lowest BCUT2D eigenvalue weighted by molar-refractivity contribution is 0.102. The Kier molecular flexibility index (Phi) is 5.70. The third-order valence-corrected chi connectivity index (χ3v) is 4.58. The van der Waals surface area contributed by atoms with Gasteiger partial charge in [-0.2, -0.15) is 0 Å². The number of methoxy groups -OCH3 is 1. The van der Waals surface area contributed by atoms with E-state index < -0.39 is 0 Å². The summed E-state index contributed by atoms with van der Waals surface area (Å²) in [4.78, 5) is 21.7. The molecule has 0 aliphatic heterocycles. The maximum absolute atomic E-state index is 13.0. The van der Waals surface area contributed by atoms with Gasteiger partial charge in [0.15, 0.2) is 22.9 Å². The normalized spacial score (nSPS) is 10.7. The van der Waals surface area contributed by atoms with Gasteiger partial charge in [-0.3, -0.25) is 9.20 Å². The Balaban J connectivity index is 1.53. The van der Waals surface area contributed by atoms with Crippen LogP contribution in [0.4, 0.5) is 5.69 Å². The Labute approximate surface area is 179 Å². The molecule has 0 unspecified atom stereocenters. The minimum atomic E-state index is -0.293. The van der Waals surface area contributed by atoms with E-state index in [4.69, 9.17) is 14.2 Å². The molecule has 0 aliphatic carbocycles. The van der Waals surface area contributed by atoms with Gasteiger partial charge in [0.25, 0.3) is 5.91 Å². The van der Waals surface area contributed by atoms with Gasteiger partial charge < -0.3 is 19.5 Å². The lowest BCUT2D eigenvalue weighted by atomic mass is 10.3. The number of imidazole rings is 1. The molecule has 0 aliphatic rings. The second-order valence-corrected chi connectivity index (χ2v) is 6.64. The Hall–Kier alpha value is -4.07. The van der Waals surface area contributed by atoms with Gasteiger partial charge in [-0.15, -0.1) is 0 Å². The van der Waals surface area contributed by atoms with Crippen LogP contribution in [0.3, 0.4) is 0 Å². The van der Waals surface area contributed by atoms with E-state index >= 15 is 0 Å². The maximum Gasteiger partial charge on any atom is 0.274 e. The van der Waals surface area contributed by atoms with Gasteiger partial charge in [0.2, 0.25) is 5.88 Å². The largest absolute Gasteiger partial charge is 0.493 e. The molecule has 3 aromatic heterocycles. The molecule has 0 radical (unpaired) electrons. The van der Waals surface area contributed by atoms with Crippen LogP contribution in [0.1, 0.15) is 23.1 Å². The highest BCUT2D eigenvalue weighted by Gasteiger charge is 2.19. The summed E-state index contributed by atoms with van der Waals surface area (Å²) >= 11 is 0. The van der Waals surface area contributed by atoms with E-state index in [1.165, 1.54) is 6.20 Å². The molecule has 31 heavy (non-hydrogen) atoms. The molecule has 0 saturated carbocycles. The van der Waals surface area contributed by atoms with Crippen molar-refractivity contribution in [3.63, 3.8) is 0 Å². The zero-order valence-corrected chi connectivity index (χ0v) is 17.5. The van der Waals surface area contributed by atoms with E-state index in [2.05, 4.69) is 15.3 Å². The lowest BCUT2D eigenvalue weighted by Crippen LogP contribution is -2.15. The minimum Gasteiger partial charge on any atom is -0.493 e. The standard InChI is InChI=1S/C23H22N4O4/c1-4-30-19-10-7-13-27-21(15(2)25-22(19)27)23(28)26-16-11-12-20(24-14-16)31-18-9-6-5-8-17(18)29-3/h5-14H,4H2,1-3H3,(H,26,28). The molecule has 1 N–H and O–H groups in total. The molecule has 8 nitrogen and oxygen atoms in total. The molecule has 4 rings (SSSR count). The van der Waals surface area contributed by atoms with Crippen LogP contribution in [0.5, 0.6) is 23.1 Å². The fraction of sp³-hybridized carbons (Fsp3) is 0.174. The number of fused-ring (bicyclic) bond motifs is 1. The van der Waals surface area contributed by atoms with Gasteiger partial charge in [0.1, 0.15) is 5.69 Å². The number of nitrogens with zero attached hydrogens (tertiary/aromatic N) is 3. The molecule has 0 bridgehead atoms. The molecule has 4 aromatic rings. The first-order chi connectivity index (χ1) is 15.1. The van der Waals surface area contributed by atoms with Crippen molar-refractivity contribution in [3.8, 4) is 23.1 Å². The summed E-state index contributed by atoms with van der Waals surface area (Å²) in [6.07, 6.45) is 3.32. The number of ether oxygens (including phenoxy) is 3. The van der Waals surface area contributed by atoms with Crippen LogP contribution in [0, 0.1) is 6.92 Å². The van der Waals surface area contributed by atoms with E-state index in [9.17, 15) is 4.79 Å². The topological polar surface area (TPSA) is 87.0 Å². The highest BCUT2D eigenvalue weighted by atomic mass is 16.5. The van der Waals surface area contributed by atoms with Crippen molar-refractivity contribution < 1.29 is 19.0 Å². The van der Waals surface area contributed by atoms with Crippen molar-refractivity contribution in [2.75, 3.05) is 19.0 Å². The second-order valence-electron chi connectivity index (χ2n) is 6.64. The molecule has 0 spiro atoms. The molecule has 0 saturated heterocycles. The Morgan fingerprint density at radius 1 is 1.06 bits per heavy atom. The molecule has 3 heterocycles. The summed E-state index contributed by atoms with van der Waals surface area (Å²) in [5.74, 6) is 1.89. The number of anilines is 1. The van der Waals surface area contributed by atoms with Crippen LogP contribution in [0.2, 0.25) is 0 Å². The summed E-state index contributed by atoms with van der Waals surface area (Å²) in [5, 5.41) is 2.86. The van der Waals surface area contributed by atoms with Gasteiger partial charge in [0, 0.05) is 12.3 Å². The number of hydrogen-bond acceptors (Lipinski definition) is 6. The molecule has 0 fully saturated rings. The van der Waals surface area contributed by atoms with Crippen molar-refractivity contribution in [2.24, 2.45) is 0 Å². The van der Waals surface area contributed by atoms with Crippen LogP contribution in [-0.4, -0.2) is 34.0 Å². The van der Waals surface area contributed by atoms with Crippen molar-refractivity contribution in [3.05, 3.63) is 72.3 Å². The number of carbonyl (C=O) groups is 1. The number of benzene rings is 1. The molecule has 0 atom stereocenters. The highest BCUT2D eigenvalue weighted by Crippen LogP contribution is 2.30. The quantitative estimate of drug-likeness (QED) is 0.476. The smallest absolute Gasteiger partial charge is 0.274 e. The molecular weight excluding hydrogens is 396 g/mol. The van der Waals surface area contributed by atoms with E-state index in [0.717, 1.165) is 0 Å². The first-order valence-corrected chi connectivity index (χ1v) is 9.79. The highest BCUT2D eigenvalue weighted by molar-refractivity contribution is 6.04. The predicted molar refractivity (Wildman–Crippen MR) is 116 cm³/mol. The molecular formula is C23H22N4O4. The van der Waals surface area contributed by atoms with E-state index in [1.54, 1.807) is 48.9 Å². The minimum absolute atomic E-state index is 0.293. The van der Waals surface area contributed by atoms with Crippen molar-refractivity contribution in [2.45, 2.75) is 13.8 Å². The number of aryl methyl sites for hydroxylation is 1. The Morgan fingerprint density at radius 3 is 2.55 bits per heavy atom. The van der Waals surface area contributed by atoms with E-state index in [1.807, 2.05) is 31.2 Å². The van der Waals surface area contributed by atoms with Gasteiger partial charge in [-0.1, -0.05) is 12.1 Å². The van der Waals surface area contributed by atoms with Crippen LogP contribution in [-0.2, 0) is 0 Å². The number of para-hydroxylation sites is 2.